The summed E-state index contributed by atoms with van der Waals surface area (Å²) in [6.45, 7) is 3.81. The molecular formula is C22H20N4O2. The van der Waals surface area contributed by atoms with Gasteiger partial charge >= 0.3 is 6.03 Å². The first-order valence-electron chi connectivity index (χ1n) is 9.04. The van der Waals surface area contributed by atoms with Crippen LogP contribution in [0.25, 0.3) is 22.4 Å². The summed E-state index contributed by atoms with van der Waals surface area (Å²) < 4.78 is 5.80. The Kier molecular flexibility index (Phi) is 4.76. The highest BCUT2D eigenvalue weighted by Gasteiger charge is 2.14. The Morgan fingerprint density at radius 2 is 1.86 bits per heavy atom. The van der Waals surface area contributed by atoms with Gasteiger partial charge in [0.2, 0.25) is 0 Å². The van der Waals surface area contributed by atoms with Crippen molar-refractivity contribution in [2.24, 2.45) is 0 Å². The number of aryl methyl sites for hydroxylation is 1. The number of nitrogens with zero attached hydrogens (tertiary/aromatic N) is 2. The maximum absolute atomic E-state index is 12.3. The minimum atomic E-state index is -0.299. The lowest BCUT2D eigenvalue weighted by molar-refractivity contribution is 0.248. The fraction of sp³-hybridized carbons (Fsp3) is 0.136. The summed E-state index contributed by atoms with van der Waals surface area (Å²) in [5.74, 6) is 1.37. The number of furan rings is 1. The smallest absolute Gasteiger partial charge is 0.319 e. The first kappa shape index (κ1) is 17.7. The molecule has 0 fully saturated rings. The fourth-order valence-electron chi connectivity index (χ4n) is 2.94. The Labute approximate surface area is 162 Å². The molecule has 2 aromatic carbocycles. The molecule has 2 N–H and O–H groups in total. The van der Waals surface area contributed by atoms with E-state index in [0.717, 1.165) is 22.2 Å². The number of aromatic nitrogens is 2. The second kappa shape index (κ2) is 7.52. The molecule has 140 valence electrons. The molecule has 0 saturated carbocycles. The van der Waals surface area contributed by atoms with Gasteiger partial charge in [0.05, 0.1) is 6.04 Å². The predicted molar refractivity (Wildman–Crippen MR) is 109 cm³/mol. The summed E-state index contributed by atoms with van der Waals surface area (Å²) in [6, 6.07) is 18.4. The molecule has 4 rings (SSSR count). The number of para-hydroxylation sites is 1. The Balaban J connectivity index is 1.40. The largest absolute Gasteiger partial charge is 0.459 e. The van der Waals surface area contributed by atoms with E-state index in [1.807, 2.05) is 74.5 Å². The van der Waals surface area contributed by atoms with Crippen LogP contribution in [0.4, 0.5) is 10.5 Å². The van der Waals surface area contributed by atoms with E-state index in [1.54, 1.807) is 6.20 Å². The highest BCUT2D eigenvalue weighted by molar-refractivity contribution is 5.89. The Bertz CT molecular complexity index is 1090. The number of carbonyl (C=O) groups is 1. The van der Waals surface area contributed by atoms with Crippen molar-refractivity contribution >= 4 is 22.7 Å². The topological polar surface area (TPSA) is 80.0 Å². The van der Waals surface area contributed by atoms with E-state index in [4.69, 9.17) is 4.42 Å². The molecule has 0 bridgehead atoms. The second-order valence-electron chi connectivity index (χ2n) is 6.61. The van der Waals surface area contributed by atoms with Gasteiger partial charge in [0.25, 0.3) is 0 Å². The van der Waals surface area contributed by atoms with Gasteiger partial charge in [-0.15, -0.1) is 0 Å². The molecular weight excluding hydrogens is 352 g/mol. The van der Waals surface area contributed by atoms with E-state index in [-0.39, 0.29) is 12.1 Å². The van der Waals surface area contributed by atoms with Crippen molar-refractivity contribution in [1.82, 2.24) is 15.3 Å². The van der Waals surface area contributed by atoms with E-state index in [2.05, 4.69) is 20.6 Å². The molecule has 0 aliphatic carbocycles. The lowest BCUT2D eigenvalue weighted by atomic mass is 10.2. The number of rotatable bonds is 4. The van der Waals surface area contributed by atoms with Gasteiger partial charge in [-0.25, -0.2) is 14.8 Å². The highest BCUT2D eigenvalue weighted by Crippen LogP contribution is 2.24. The van der Waals surface area contributed by atoms with Crippen LogP contribution in [0.3, 0.4) is 0 Å². The van der Waals surface area contributed by atoms with Crippen LogP contribution in [0.2, 0.25) is 0 Å². The van der Waals surface area contributed by atoms with E-state index in [1.165, 1.54) is 0 Å². The van der Waals surface area contributed by atoms with E-state index < -0.39 is 0 Å². The number of amides is 2. The van der Waals surface area contributed by atoms with Crippen LogP contribution < -0.4 is 10.6 Å². The summed E-state index contributed by atoms with van der Waals surface area (Å²) in [7, 11) is 0. The average molecular weight is 372 g/mol. The predicted octanol–water partition coefficient (Wildman–Crippen LogP) is 5.08. The average Bonchev–Trinajstić information content (AvgIpc) is 3.13. The van der Waals surface area contributed by atoms with Gasteiger partial charge in [0.15, 0.2) is 5.82 Å². The zero-order valence-electron chi connectivity index (χ0n) is 15.6. The van der Waals surface area contributed by atoms with Gasteiger partial charge in [-0.05, 0) is 56.3 Å². The van der Waals surface area contributed by atoms with Crippen molar-refractivity contribution < 1.29 is 9.21 Å². The number of hydrogen-bond donors (Lipinski definition) is 2. The SMILES string of the molecule is Cc1ccnc(-c2ccc(NC(=O)NC(C)c3cc4ccccc4o3)cc2)n1. The molecule has 6 heteroatoms. The zero-order valence-corrected chi connectivity index (χ0v) is 15.6. The molecule has 1 unspecified atom stereocenters. The summed E-state index contributed by atoms with van der Waals surface area (Å²) in [5, 5.41) is 6.74. The lowest BCUT2D eigenvalue weighted by Gasteiger charge is -2.12. The summed E-state index contributed by atoms with van der Waals surface area (Å²) in [5.41, 5.74) is 3.29. The van der Waals surface area contributed by atoms with Gasteiger partial charge in [0.1, 0.15) is 11.3 Å². The maximum atomic E-state index is 12.3. The van der Waals surface area contributed by atoms with Crippen molar-refractivity contribution in [2.75, 3.05) is 5.32 Å². The molecule has 2 heterocycles. The first-order valence-corrected chi connectivity index (χ1v) is 9.04. The molecule has 2 aromatic heterocycles. The summed E-state index contributed by atoms with van der Waals surface area (Å²) in [6.07, 6.45) is 1.73. The second-order valence-corrected chi connectivity index (χ2v) is 6.61. The van der Waals surface area contributed by atoms with Crippen LogP contribution >= 0.6 is 0 Å². The molecule has 0 aliphatic heterocycles. The summed E-state index contributed by atoms with van der Waals surface area (Å²) >= 11 is 0. The fourth-order valence-corrected chi connectivity index (χ4v) is 2.94. The number of nitrogens with one attached hydrogen (secondary N) is 2. The molecule has 0 radical (unpaired) electrons. The molecule has 0 saturated heterocycles. The third kappa shape index (κ3) is 3.86. The first-order chi connectivity index (χ1) is 13.6. The molecule has 2 amide bonds. The Hall–Kier alpha value is -3.67. The number of benzene rings is 2. The van der Waals surface area contributed by atoms with Gasteiger partial charge in [-0.1, -0.05) is 18.2 Å². The normalized spacial score (nSPS) is 11.9. The number of hydrogen-bond acceptors (Lipinski definition) is 4. The van der Waals surface area contributed by atoms with Gasteiger partial charge in [0, 0.05) is 28.5 Å². The zero-order chi connectivity index (χ0) is 19.5. The number of urea groups is 1. The highest BCUT2D eigenvalue weighted by atomic mass is 16.3. The summed E-state index contributed by atoms with van der Waals surface area (Å²) in [4.78, 5) is 21.0. The lowest BCUT2D eigenvalue weighted by Crippen LogP contribution is -2.30. The van der Waals surface area contributed by atoms with Crippen molar-refractivity contribution in [3.8, 4) is 11.4 Å². The van der Waals surface area contributed by atoms with Crippen molar-refractivity contribution in [2.45, 2.75) is 19.9 Å². The van der Waals surface area contributed by atoms with E-state index in [0.29, 0.717) is 17.3 Å². The van der Waals surface area contributed by atoms with Gasteiger partial charge in [-0.3, -0.25) is 0 Å². The monoisotopic (exact) mass is 372 g/mol. The van der Waals surface area contributed by atoms with E-state index >= 15 is 0 Å². The van der Waals surface area contributed by atoms with Crippen LogP contribution in [0.1, 0.15) is 24.4 Å². The molecule has 0 aliphatic rings. The molecule has 1 atom stereocenters. The standard InChI is InChI=1S/C22H20N4O2/c1-14-11-12-23-21(24-14)16-7-9-18(10-8-16)26-22(27)25-15(2)20-13-17-5-3-4-6-19(17)28-20/h3-13,15H,1-2H3,(H2,25,26,27). The Morgan fingerprint density at radius 3 is 2.61 bits per heavy atom. The van der Waals surface area contributed by atoms with Crippen LogP contribution in [0, 0.1) is 6.92 Å². The van der Waals surface area contributed by atoms with Crippen LogP contribution in [-0.2, 0) is 0 Å². The maximum Gasteiger partial charge on any atom is 0.319 e. The Morgan fingerprint density at radius 1 is 1.07 bits per heavy atom. The minimum Gasteiger partial charge on any atom is -0.459 e. The van der Waals surface area contributed by atoms with Crippen LogP contribution in [0.15, 0.2) is 71.3 Å². The van der Waals surface area contributed by atoms with E-state index in [9.17, 15) is 4.79 Å². The molecule has 0 spiro atoms. The van der Waals surface area contributed by atoms with Crippen LogP contribution in [-0.4, -0.2) is 16.0 Å². The third-order valence-corrected chi connectivity index (χ3v) is 4.41. The third-order valence-electron chi connectivity index (χ3n) is 4.41. The number of anilines is 1. The van der Waals surface area contributed by atoms with Gasteiger partial charge in [-0.2, -0.15) is 0 Å². The van der Waals surface area contributed by atoms with Gasteiger partial charge < -0.3 is 15.1 Å². The van der Waals surface area contributed by atoms with Crippen molar-refractivity contribution in [1.29, 1.82) is 0 Å². The number of carbonyl (C=O) groups excluding carboxylic acids is 1. The van der Waals surface area contributed by atoms with Crippen molar-refractivity contribution in [3.63, 3.8) is 0 Å². The number of fused-ring (bicyclic) bond motifs is 1. The molecule has 6 nitrogen and oxygen atoms in total. The molecule has 28 heavy (non-hydrogen) atoms. The van der Waals surface area contributed by atoms with Crippen LogP contribution in [0.5, 0.6) is 0 Å². The van der Waals surface area contributed by atoms with Crippen molar-refractivity contribution in [3.05, 3.63) is 78.3 Å². The minimum absolute atomic E-state index is 0.257. The quantitative estimate of drug-likeness (QED) is 0.523. The molecule has 4 aromatic rings.